The number of nitrogens with two attached hydrogens (primary N) is 1. The van der Waals surface area contributed by atoms with E-state index in [1.165, 1.54) is 0 Å². The molecule has 3 nitrogen and oxygen atoms in total. The Balaban J connectivity index is 2.07. The van der Waals surface area contributed by atoms with Crippen molar-refractivity contribution in [1.29, 1.82) is 0 Å². The second-order valence-corrected chi connectivity index (χ2v) is 4.85. The highest BCUT2D eigenvalue weighted by Crippen LogP contribution is 2.36. The van der Waals surface area contributed by atoms with Crippen molar-refractivity contribution >= 4 is 17.4 Å². The Morgan fingerprint density at radius 1 is 1.50 bits per heavy atom. The highest BCUT2D eigenvalue weighted by Gasteiger charge is 2.26. The number of aliphatic hydroxyl groups excluding tert-OH is 1. The van der Waals surface area contributed by atoms with Gasteiger partial charge in [0, 0.05) is 16.3 Å². The van der Waals surface area contributed by atoms with Gasteiger partial charge in [0.2, 0.25) is 0 Å². The van der Waals surface area contributed by atoms with E-state index in [0.717, 1.165) is 24.2 Å². The summed E-state index contributed by atoms with van der Waals surface area (Å²) in [5.41, 5.74) is 6.48. The minimum absolute atomic E-state index is 0.174. The van der Waals surface area contributed by atoms with Crippen molar-refractivity contribution in [2.75, 3.05) is 5.73 Å². The van der Waals surface area contributed by atoms with Gasteiger partial charge >= 0.3 is 0 Å². The molecule has 4 heteroatoms. The molecule has 0 aliphatic heterocycles. The van der Waals surface area contributed by atoms with Crippen molar-refractivity contribution in [2.45, 2.75) is 35.5 Å². The van der Waals surface area contributed by atoms with Gasteiger partial charge in [0.15, 0.2) is 0 Å². The van der Waals surface area contributed by atoms with E-state index in [4.69, 9.17) is 5.73 Å². The minimum Gasteiger partial charge on any atom is -0.397 e. The Morgan fingerprint density at radius 3 is 3.00 bits per heavy atom. The maximum atomic E-state index is 9.66. The highest BCUT2D eigenvalue weighted by molar-refractivity contribution is 8.00. The number of aromatic nitrogens is 1. The van der Waals surface area contributed by atoms with Crippen molar-refractivity contribution in [3.63, 3.8) is 0 Å². The zero-order chi connectivity index (χ0) is 9.97. The number of nitrogen functional groups attached to an aromatic ring is 1. The zero-order valence-electron chi connectivity index (χ0n) is 7.89. The van der Waals surface area contributed by atoms with Gasteiger partial charge in [-0.15, -0.1) is 11.8 Å². The molecule has 0 radical (unpaired) electrons. The molecule has 1 saturated carbocycles. The van der Waals surface area contributed by atoms with Gasteiger partial charge in [0.05, 0.1) is 18.0 Å². The molecule has 1 aliphatic carbocycles. The minimum atomic E-state index is -0.174. The van der Waals surface area contributed by atoms with Crippen LogP contribution in [0.1, 0.15) is 19.3 Å². The number of hydrogen-bond donors (Lipinski definition) is 2. The third-order valence-electron chi connectivity index (χ3n) is 2.51. The van der Waals surface area contributed by atoms with E-state index in [1.54, 1.807) is 24.2 Å². The summed E-state index contributed by atoms with van der Waals surface area (Å²) in [5.74, 6) is 0. The van der Waals surface area contributed by atoms with E-state index in [9.17, 15) is 5.11 Å². The maximum absolute atomic E-state index is 9.66. The van der Waals surface area contributed by atoms with Crippen LogP contribution >= 0.6 is 11.8 Å². The predicted molar refractivity (Wildman–Crippen MR) is 58.2 cm³/mol. The molecule has 0 amide bonds. The summed E-state index contributed by atoms with van der Waals surface area (Å²) in [6, 6.07) is 1.91. The number of rotatable bonds is 2. The van der Waals surface area contributed by atoms with E-state index in [2.05, 4.69) is 4.98 Å². The first-order chi connectivity index (χ1) is 6.77. The van der Waals surface area contributed by atoms with E-state index in [-0.39, 0.29) is 6.10 Å². The molecule has 2 rings (SSSR count). The number of nitrogens with zero attached hydrogens (tertiary/aromatic N) is 1. The molecular formula is C10H14N2OS. The van der Waals surface area contributed by atoms with Gasteiger partial charge in [-0.1, -0.05) is 0 Å². The third-order valence-corrected chi connectivity index (χ3v) is 3.98. The lowest BCUT2D eigenvalue weighted by atomic mass is 10.3. The zero-order valence-corrected chi connectivity index (χ0v) is 8.70. The smallest absolute Gasteiger partial charge is 0.0662 e. The maximum Gasteiger partial charge on any atom is 0.0662 e. The summed E-state index contributed by atoms with van der Waals surface area (Å²) in [5, 5.41) is 9.97. The Bertz CT molecular complexity index is 319. The molecule has 0 bridgehead atoms. The average molecular weight is 210 g/mol. The Hall–Kier alpha value is -0.740. The monoisotopic (exact) mass is 210 g/mol. The Kier molecular flexibility index (Phi) is 2.93. The van der Waals surface area contributed by atoms with Crippen molar-refractivity contribution in [3.05, 3.63) is 18.5 Å². The third kappa shape index (κ3) is 2.01. The van der Waals surface area contributed by atoms with Crippen molar-refractivity contribution < 1.29 is 5.11 Å². The first-order valence-corrected chi connectivity index (χ1v) is 5.69. The molecule has 1 aromatic heterocycles. The van der Waals surface area contributed by atoms with Crippen LogP contribution in [-0.2, 0) is 0 Å². The fourth-order valence-electron chi connectivity index (χ4n) is 1.71. The van der Waals surface area contributed by atoms with Crippen LogP contribution in [0, 0.1) is 0 Å². The molecule has 0 spiro atoms. The molecule has 2 atom stereocenters. The molecule has 1 aromatic rings. The summed E-state index contributed by atoms with van der Waals surface area (Å²) < 4.78 is 0. The number of hydrogen-bond acceptors (Lipinski definition) is 4. The highest BCUT2D eigenvalue weighted by atomic mass is 32.2. The Labute approximate surface area is 87.7 Å². The lowest BCUT2D eigenvalue weighted by molar-refractivity contribution is 0.188. The molecule has 2 unspecified atom stereocenters. The second kappa shape index (κ2) is 4.19. The van der Waals surface area contributed by atoms with Gasteiger partial charge < -0.3 is 10.8 Å². The summed E-state index contributed by atoms with van der Waals surface area (Å²) in [7, 11) is 0. The van der Waals surface area contributed by atoms with E-state index < -0.39 is 0 Å². The van der Waals surface area contributed by atoms with Crippen LogP contribution in [0.25, 0.3) is 0 Å². The number of aliphatic hydroxyl groups is 1. The number of pyridine rings is 1. The summed E-state index contributed by atoms with van der Waals surface area (Å²) in [4.78, 5) is 4.97. The summed E-state index contributed by atoms with van der Waals surface area (Å²) in [6.07, 6.45) is 6.33. The normalized spacial score (nSPS) is 26.6. The predicted octanol–water partition coefficient (Wildman–Crippen LogP) is 1.67. The van der Waals surface area contributed by atoms with Crippen LogP contribution in [0.4, 0.5) is 5.69 Å². The molecule has 3 N–H and O–H groups in total. The van der Waals surface area contributed by atoms with Gasteiger partial charge in [-0.25, -0.2) is 0 Å². The van der Waals surface area contributed by atoms with E-state index >= 15 is 0 Å². The van der Waals surface area contributed by atoms with Gasteiger partial charge in [-0.3, -0.25) is 4.98 Å². The SMILES string of the molecule is Nc1cnccc1SC1CCCC1O. The quantitative estimate of drug-likeness (QED) is 0.779. The molecule has 1 heterocycles. The molecule has 0 saturated heterocycles. The first-order valence-electron chi connectivity index (χ1n) is 4.81. The molecule has 1 aliphatic rings. The van der Waals surface area contributed by atoms with E-state index in [1.807, 2.05) is 6.07 Å². The van der Waals surface area contributed by atoms with Crippen molar-refractivity contribution in [3.8, 4) is 0 Å². The van der Waals surface area contributed by atoms with Gasteiger partial charge in [0.25, 0.3) is 0 Å². The van der Waals surface area contributed by atoms with Crippen LogP contribution < -0.4 is 5.73 Å². The van der Waals surface area contributed by atoms with Crippen LogP contribution in [0.2, 0.25) is 0 Å². The van der Waals surface area contributed by atoms with Gasteiger partial charge in [-0.05, 0) is 25.3 Å². The topological polar surface area (TPSA) is 59.1 Å². The lowest BCUT2D eigenvalue weighted by Crippen LogP contribution is -2.15. The molecule has 1 fully saturated rings. The van der Waals surface area contributed by atoms with E-state index in [0.29, 0.717) is 10.9 Å². The van der Waals surface area contributed by atoms with Crippen LogP contribution in [0.3, 0.4) is 0 Å². The molecule has 0 aromatic carbocycles. The molecular weight excluding hydrogens is 196 g/mol. The number of anilines is 1. The molecule has 76 valence electrons. The number of thioether (sulfide) groups is 1. The largest absolute Gasteiger partial charge is 0.397 e. The fraction of sp³-hybridized carbons (Fsp3) is 0.500. The summed E-state index contributed by atoms with van der Waals surface area (Å²) >= 11 is 1.67. The Morgan fingerprint density at radius 2 is 2.36 bits per heavy atom. The summed E-state index contributed by atoms with van der Waals surface area (Å²) in [6.45, 7) is 0. The lowest BCUT2D eigenvalue weighted by Gasteiger charge is -2.14. The average Bonchev–Trinajstić information content (AvgIpc) is 2.56. The standard InChI is InChI=1S/C10H14N2OS/c11-7-6-12-5-4-9(7)14-10-3-1-2-8(10)13/h4-6,8,10,13H,1-3,11H2. The van der Waals surface area contributed by atoms with Gasteiger partial charge in [0.1, 0.15) is 0 Å². The van der Waals surface area contributed by atoms with Crippen LogP contribution in [0.5, 0.6) is 0 Å². The first kappa shape index (κ1) is 9.80. The van der Waals surface area contributed by atoms with Crippen molar-refractivity contribution in [2.24, 2.45) is 0 Å². The second-order valence-electron chi connectivity index (χ2n) is 3.57. The van der Waals surface area contributed by atoms with Gasteiger partial charge in [-0.2, -0.15) is 0 Å². The van der Waals surface area contributed by atoms with Crippen LogP contribution in [-0.4, -0.2) is 21.4 Å². The molecule has 14 heavy (non-hydrogen) atoms. The van der Waals surface area contributed by atoms with Crippen LogP contribution in [0.15, 0.2) is 23.4 Å². The van der Waals surface area contributed by atoms with Crippen molar-refractivity contribution in [1.82, 2.24) is 4.98 Å². The fourth-order valence-corrected chi connectivity index (χ4v) is 2.94.